The Hall–Kier alpha value is -2.23. The van der Waals surface area contributed by atoms with E-state index in [1.807, 2.05) is 13.0 Å². The van der Waals surface area contributed by atoms with Gasteiger partial charge in [0.1, 0.15) is 5.82 Å². The van der Waals surface area contributed by atoms with Crippen molar-refractivity contribution in [1.29, 1.82) is 0 Å². The molecule has 0 unspecified atom stereocenters. The molecule has 1 heterocycles. The molecule has 7 nitrogen and oxygen atoms in total. The zero-order chi connectivity index (χ0) is 24.1. The number of nitrogens with zero attached hydrogens (tertiary/aromatic N) is 3. The van der Waals surface area contributed by atoms with Crippen molar-refractivity contribution in [2.24, 2.45) is 5.10 Å². The van der Waals surface area contributed by atoms with Gasteiger partial charge in [-0.1, -0.05) is 34.5 Å². The van der Waals surface area contributed by atoms with E-state index in [2.05, 4.69) is 41.9 Å². The van der Waals surface area contributed by atoms with Gasteiger partial charge in [-0.3, -0.25) is 4.79 Å². The number of hydrogen-bond donors (Lipinski definition) is 0. The smallest absolute Gasteiger partial charge is 0.347 e. The molecule has 0 aliphatic carbocycles. The molecule has 2 aromatic carbocycles. The molecule has 0 saturated heterocycles. The Bertz CT molecular complexity index is 1250. The van der Waals surface area contributed by atoms with E-state index in [-0.39, 0.29) is 17.2 Å². The molecule has 0 amide bonds. The molecule has 0 fully saturated rings. The highest BCUT2D eigenvalue weighted by Gasteiger charge is 2.19. The van der Waals surface area contributed by atoms with Crippen LogP contribution in [0, 0.1) is 0 Å². The summed E-state index contributed by atoms with van der Waals surface area (Å²) in [5.74, 6) is 0.404. The summed E-state index contributed by atoms with van der Waals surface area (Å²) in [5.41, 5.74) is 1.00. The second kappa shape index (κ2) is 11.3. The number of ether oxygens (including phenoxy) is 2. The first-order valence-corrected chi connectivity index (χ1v) is 12.3. The topological polar surface area (TPSA) is 82.8 Å². The number of halogens is 3. The molecule has 0 aliphatic heterocycles. The third-order valence-corrected chi connectivity index (χ3v) is 5.97. The van der Waals surface area contributed by atoms with Crippen LogP contribution in [0.1, 0.15) is 38.6 Å². The number of rotatable bonds is 8. The van der Waals surface area contributed by atoms with Gasteiger partial charge in [0.25, 0.3) is 5.56 Å². The quantitative estimate of drug-likeness (QED) is 0.244. The molecule has 174 valence electrons. The molecular formula is C23H22Br2ClN3O4. The number of carbonyl (C=O) groups is 1. The number of hydrogen-bond acceptors (Lipinski definition) is 6. The molecule has 1 atom stereocenters. The number of aryl methyl sites for hydroxylation is 1. The van der Waals surface area contributed by atoms with Crippen LogP contribution in [0.3, 0.4) is 0 Å². The highest BCUT2D eigenvalue weighted by molar-refractivity contribution is 9.10. The molecule has 0 saturated carbocycles. The summed E-state index contributed by atoms with van der Waals surface area (Å²) < 4.78 is 13.3. The van der Waals surface area contributed by atoms with Gasteiger partial charge in [0.15, 0.2) is 11.9 Å². The predicted octanol–water partition coefficient (Wildman–Crippen LogP) is 5.74. The van der Waals surface area contributed by atoms with Crippen molar-refractivity contribution >= 4 is 66.5 Å². The van der Waals surface area contributed by atoms with E-state index in [0.29, 0.717) is 38.9 Å². The average Bonchev–Trinajstić information content (AvgIpc) is 2.76. The number of benzene rings is 2. The summed E-state index contributed by atoms with van der Waals surface area (Å²) in [6.45, 7) is 5.58. The molecule has 0 aliphatic rings. The summed E-state index contributed by atoms with van der Waals surface area (Å²) in [5, 5.41) is 5.16. The van der Waals surface area contributed by atoms with Gasteiger partial charge in [-0.15, -0.1) is 0 Å². The van der Waals surface area contributed by atoms with Crippen molar-refractivity contribution in [3.63, 3.8) is 0 Å². The van der Waals surface area contributed by atoms with Crippen LogP contribution >= 0.6 is 43.5 Å². The molecule has 0 N–H and O–H groups in total. The highest BCUT2D eigenvalue weighted by atomic mass is 79.9. The molecule has 1 aromatic heterocycles. The fraction of sp³-hybridized carbons (Fsp3) is 0.304. The van der Waals surface area contributed by atoms with Crippen molar-refractivity contribution in [2.45, 2.75) is 39.7 Å². The summed E-state index contributed by atoms with van der Waals surface area (Å²) in [6, 6.07) is 8.76. The minimum absolute atomic E-state index is 0.255. The number of fused-ring (bicyclic) bond motifs is 1. The maximum Gasteiger partial charge on any atom is 0.347 e. The molecule has 0 radical (unpaired) electrons. The van der Waals surface area contributed by atoms with E-state index < -0.39 is 12.1 Å². The van der Waals surface area contributed by atoms with Gasteiger partial charge >= 0.3 is 5.97 Å². The summed E-state index contributed by atoms with van der Waals surface area (Å²) in [4.78, 5) is 29.6. The molecule has 0 bridgehead atoms. The lowest BCUT2D eigenvalue weighted by molar-refractivity contribution is -0.150. The maximum absolute atomic E-state index is 13.1. The first kappa shape index (κ1) is 25.4. The van der Waals surface area contributed by atoms with E-state index in [9.17, 15) is 9.59 Å². The van der Waals surface area contributed by atoms with Crippen molar-refractivity contribution in [3.8, 4) is 5.75 Å². The zero-order valence-corrected chi connectivity index (χ0v) is 22.2. The number of aromatic nitrogens is 2. The minimum Gasteiger partial charge on any atom is -0.476 e. The van der Waals surface area contributed by atoms with Crippen LogP contribution in [-0.4, -0.2) is 34.6 Å². The lowest BCUT2D eigenvalue weighted by atomic mass is 10.2. The van der Waals surface area contributed by atoms with Gasteiger partial charge in [-0.05, 0) is 72.1 Å². The van der Waals surface area contributed by atoms with E-state index in [1.165, 1.54) is 10.9 Å². The first-order valence-electron chi connectivity index (χ1n) is 10.3. The van der Waals surface area contributed by atoms with Gasteiger partial charge < -0.3 is 9.47 Å². The normalized spacial score (nSPS) is 12.3. The standard InChI is InChI=1S/C23H22Br2ClN3O4/c1-4-6-20-28-19-8-7-15(24)11-16(19)22(30)29(20)27-12-14-9-17(25)21(18(26)10-14)33-13(3)23(31)32-5-2/h7-13H,4-6H2,1-3H3/t13-/m1/s1. The van der Waals surface area contributed by atoms with E-state index >= 15 is 0 Å². The Morgan fingerprint density at radius 1 is 1.27 bits per heavy atom. The Kier molecular flexibility index (Phi) is 8.67. The second-order valence-corrected chi connectivity index (χ2v) is 9.30. The third kappa shape index (κ3) is 6.02. The molecule has 33 heavy (non-hydrogen) atoms. The van der Waals surface area contributed by atoms with Crippen LogP contribution in [0.15, 0.2) is 49.2 Å². The summed E-state index contributed by atoms with van der Waals surface area (Å²) in [6.07, 6.45) is 2.12. The lowest BCUT2D eigenvalue weighted by Gasteiger charge is -2.16. The molecular weight excluding hydrogens is 578 g/mol. The second-order valence-electron chi connectivity index (χ2n) is 7.13. The van der Waals surface area contributed by atoms with E-state index in [1.54, 1.807) is 38.1 Å². The van der Waals surface area contributed by atoms with Gasteiger partial charge in [0.05, 0.1) is 33.2 Å². The van der Waals surface area contributed by atoms with Crippen LogP contribution in [0.5, 0.6) is 5.75 Å². The highest BCUT2D eigenvalue weighted by Crippen LogP contribution is 2.35. The van der Waals surface area contributed by atoms with Crippen LogP contribution in [0.2, 0.25) is 5.02 Å². The Labute approximate surface area is 213 Å². The first-order chi connectivity index (χ1) is 15.7. The summed E-state index contributed by atoms with van der Waals surface area (Å²) >= 11 is 13.2. The average molecular weight is 600 g/mol. The van der Waals surface area contributed by atoms with Gasteiger partial charge in [0.2, 0.25) is 0 Å². The maximum atomic E-state index is 13.1. The number of esters is 1. The fourth-order valence-corrected chi connectivity index (χ4v) is 4.39. The SMILES string of the molecule is CCCc1nc2ccc(Br)cc2c(=O)n1N=Cc1cc(Cl)c(O[C@H](C)C(=O)OCC)c(Br)c1. The van der Waals surface area contributed by atoms with Crippen LogP contribution in [0.25, 0.3) is 10.9 Å². The predicted molar refractivity (Wildman–Crippen MR) is 137 cm³/mol. The van der Waals surface area contributed by atoms with Crippen LogP contribution < -0.4 is 10.3 Å². The zero-order valence-electron chi connectivity index (χ0n) is 18.3. The van der Waals surface area contributed by atoms with E-state index in [0.717, 1.165) is 10.9 Å². The van der Waals surface area contributed by atoms with Gasteiger partial charge in [0, 0.05) is 10.9 Å². The fourth-order valence-electron chi connectivity index (χ4n) is 3.07. The monoisotopic (exact) mass is 597 g/mol. The van der Waals surface area contributed by atoms with E-state index in [4.69, 9.17) is 21.1 Å². The minimum atomic E-state index is -0.823. The molecule has 0 spiro atoms. The third-order valence-electron chi connectivity index (χ3n) is 4.61. The van der Waals surface area contributed by atoms with Gasteiger partial charge in [-0.2, -0.15) is 9.78 Å². The molecule has 10 heteroatoms. The van der Waals surface area contributed by atoms with Crippen molar-refractivity contribution in [1.82, 2.24) is 9.66 Å². The summed E-state index contributed by atoms with van der Waals surface area (Å²) in [7, 11) is 0. The number of carbonyl (C=O) groups excluding carboxylic acids is 1. The molecule has 3 aromatic rings. The van der Waals surface area contributed by atoms with Crippen molar-refractivity contribution in [3.05, 3.63) is 66.0 Å². The van der Waals surface area contributed by atoms with Crippen LogP contribution in [0.4, 0.5) is 0 Å². The Morgan fingerprint density at radius 2 is 2.03 bits per heavy atom. The van der Waals surface area contributed by atoms with Crippen LogP contribution in [-0.2, 0) is 16.0 Å². The Morgan fingerprint density at radius 3 is 2.70 bits per heavy atom. The van der Waals surface area contributed by atoms with Crippen molar-refractivity contribution < 1.29 is 14.3 Å². The van der Waals surface area contributed by atoms with Crippen molar-refractivity contribution in [2.75, 3.05) is 6.61 Å². The lowest BCUT2D eigenvalue weighted by Crippen LogP contribution is -2.26. The molecule has 3 rings (SSSR count). The Balaban J connectivity index is 1.96. The van der Waals surface area contributed by atoms with Gasteiger partial charge in [-0.25, -0.2) is 9.78 Å². The largest absolute Gasteiger partial charge is 0.476 e.